The summed E-state index contributed by atoms with van der Waals surface area (Å²) in [5.41, 5.74) is 4.53. The Bertz CT molecular complexity index is 852. The van der Waals surface area contributed by atoms with Gasteiger partial charge < -0.3 is 0 Å². The van der Waals surface area contributed by atoms with E-state index < -0.39 is 0 Å². The van der Waals surface area contributed by atoms with Gasteiger partial charge in [-0.05, 0) is 42.2 Å². The second-order valence-corrected chi connectivity index (χ2v) is 5.47. The minimum absolute atomic E-state index is 0.173. The number of benzene rings is 2. The first-order valence-corrected chi connectivity index (χ1v) is 7.73. The molecule has 0 fully saturated rings. The molecule has 0 aromatic heterocycles. The molecule has 0 saturated carbocycles. The van der Waals surface area contributed by atoms with Gasteiger partial charge in [-0.15, -0.1) is 12.6 Å². The molecule has 2 aromatic rings. The molecule has 0 aliphatic carbocycles. The van der Waals surface area contributed by atoms with Crippen molar-refractivity contribution in [3.8, 4) is 0 Å². The monoisotopic (exact) mass is 320 g/mol. The Hall–Kier alpha value is -2.59. The van der Waals surface area contributed by atoms with Crippen LogP contribution in [0.3, 0.4) is 0 Å². The molecular weight excluding hydrogens is 304 g/mol. The van der Waals surface area contributed by atoms with E-state index in [2.05, 4.69) is 24.2 Å². The summed E-state index contributed by atoms with van der Waals surface area (Å²) in [7, 11) is 0. The van der Waals surface area contributed by atoms with Crippen LogP contribution in [0.1, 0.15) is 11.1 Å². The van der Waals surface area contributed by atoms with Crippen LogP contribution in [0.15, 0.2) is 77.3 Å². The van der Waals surface area contributed by atoms with Crippen molar-refractivity contribution in [1.82, 2.24) is 0 Å². The number of carbonyl (C=O) groups is 1. The van der Waals surface area contributed by atoms with Crippen LogP contribution in [-0.2, 0) is 4.79 Å². The Labute approximate surface area is 141 Å². The number of carbonyl (C=O) groups excluding carboxylic acids is 1. The normalized spacial score (nSPS) is 15.9. The highest BCUT2D eigenvalue weighted by Crippen LogP contribution is 2.34. The van der Waals surface area contributed by atoms with Crippen molar-refractivity contribution in [1.29, 1.82) is 0 Å². The molecule has 0 radical (unpaired) electrons. The molecule has 0 atom stereocenters. The minimum Gasteiger partial charge on any atom is -0.274 e. The quantitative estimate of drug-likeness (QED) is 0.659. The van der Waals surface area contributed by atoms with Gasteiger partial charge in [0.05, 0.1) is 17.1 Å². The van der Waals surface area contributed by atoms with E-state index in [0.29, 0.717) is 11.4 Å². The standard InChI is InChI=1S/C19H16N2OS/c1-3-15(12-23)21-17-10-5-4-9-16(17)18(19(21)22)20-14-8-6-7-13(2)11-14/h3-12,23H,1H2,2H3/b15-12+,20-18?. The van der Waals surface area contributed by atoms with E-state index in [1.165, 1.54) is 0 Å². The molecule has 0 spiro atoms. The van der Waals surface area contributed by atoms with E-state index in [-0.39, 0.29) is 5.91 Å². The maximum atomic E-state index is 12.9. The second-order valence-electron chi connectivity index (χ2n) is 5.22. The summed E-state index contributed by atoms with van der Waals surface area (Å²) in [4.78, 5) is 19.1. The lowest BCUT2D eigenvalue weighted by Crippen LogP contribution is -2.28. The van der Waals surface area contributed by atoms with Crippen LogP contribution in [-0.4, -0.2) is 11.6 Å². The van der Waals surface area contributed by atoms with Crippen molar-refractivity contribution < 1.29 is 4.79 Å². The molecule has 1 amide bonds. The maximum Gasteiger partial charge on any atom is 0.282 e. The molecule has 1 aliphatic rings. The number of hydrogen-bond donors (Lipinski definition) is 1. The Morgan fingerprint density at radius 3 is 2.70 bits per heavy atom. The highest BCUT2D eigenvalue weighted by Gasteiger charge is 2.34. The van der Waals surface area contributed by atoms with Gasteiger partial charge in [-0.2, -0.15) is 0 Å². The summed E-state index contributed by atoms with van der Waals surface area (Å²) in [5, 5.41) is 1.57. The number of amides is 1. The highest BCUT2D eigenvalue weighted by atomic mass is 32.1. The molecule has 1 heterocycles. The minimum atomic E-state index is -0.173. The van der Waals surface area contributed by atoms with E-state index in [1.54, 1.807) is 16.4 Å². The molecular formula is C19H16N2OS. The van der Waals surface area contributed by atoms with Gasteiger partial charge in [0.15, 0.2) is 0 Å². The SMILES string of the molecule is C=C/C(=C\S)N1C(=O)C(=Nc2cccc(C)c2)c2ccccc21. The third-order valence-electron chi connectivity index (χ3n) is 3.65. The Kier molecular flexibility index (Phi) is 4.17. The molecule has 114 valence electrons. The predicted molar refractivity (Wildman–Crippen MR) is 98.6 cm³/mol. The average Bonchev–Trinajstić information content (AvgIpc) is 2.83. The van der Waals surface area contributed by atoms with Gasteiger partial charge in [-0.25, -0.2) is 4.99 Å². The van der Waals surface area contributed by atoms with Gasteiger partial charge in [0.1, 0.15) is 5.71 Å². The van der Waals surface area contributed by atoms with Crippen molar-refractivity contribution >= 4 is 35.6 Å². The van der Waals surface area contributed by atoms with Gasteiger partial charge in [-0.1, -0.05) is 36.9 Å². The number of anilines is 1. The van der Waals surface area contributed by atoms with E-state index >= 15 is 0 Å². The van der Waals surface area contributed by atoms with Crippen LogP contribution >= 0.6 is 12.6 Å². The Morgan fingerprint density at radius 2 is 2.00 bits per heavy atom. The molecule has 0 N–H and O–H groups in total. The lowest BCUT2D eigenvalue weighted by atomic mass is 10.1. The van der Waals surface area contributed by atoms with Crippen LogP contribution in [0.4, 0.5) is 11.4 Å². The van der Waals surface area contributed by atoms with Crippen LogP contribution in [0.5, 0.6) is 0 Å². The number of nitrogens with zero attached hydrogens (tertiary/aromatic N) is 2. The zero-order valence-corrected chi connectivity index (χ0v) is 13.6. The van der Waals surface area contributed by atoms with Gasteiger partial charge in [0.2, 0.25) is 0 Å². The first kappa shape index (κ1) is 15.3. The summed E-state index contributed by atoms with van der Waals surface area (Å²) in [6, 6.07) is 15.4. The first-order valence-electron chi connectivity index (χ1n) is 7.21. The molecule has 1 aliphatic heterocycles. The topological polar surface area (TPSA) is 32.7 Å². The highest BCUT2D eigenvalue weighted by molar-refractivity contribution is 7.83. The van der Waals surface area contributed by atoms with Crippen LogP contribution in [0.25, 0.3) is 0 Å². The van der Waals surface area contributed by atoms with E-state index in [0.717, 1.165) is 22.5 Å². The summed E-state index contributed by atoms with van der Waals surface area (Å²) in [5.74, 6) is -0.173. The smallest absolute Gasteiger partial charge is 0.274 e. The zero-order valence-electron chi connectivity index (χ0n) is 12.7. The van der Waals surface area contributed by atoms with Gasteiger partial charge in [0.25, 0.3) is 5.91 Å². The molecule has 23 heavy (non-hydrogen) atoms. The predicted octanol–water partition coefficient (Wildman–Crippen LogP) is 4.42. The Morgan fingerprint density at radius 1 is 1.22 bits per heavy atom. The number of aliphatic imine (C=N–C) groups is 1. The molecule has 0 unspecified atom stereocenters. The first-order chi connectivity index (χ1) is 11.2. The molecule has 2 aromatic carbocycles. The Balaban J connectivity index is 2.16. The van der Waals surface area contributed by atoms with Crippen molar-refractivity contribution in [3.63, 3.8) is 0 Å². The van der Waals surface area contributed by atoms with E-state index in [9.17, 15) is 4.79 Å². The van der Waals surface area contributed by atoms with Crippen LogP contribution in [0, 0.1) is 6.92 Å². The van der Waals surface area contributed by atoms with Crippen LogP contribution in [0.2, 0.25) is 0 Å². The largest absolute Gasteiger partial charge is 0.282 e. The van der Waals surface area contributed by atoms with Gasteiger partial charge >= 0.3 is 0 Å². The number of thiol groups is 1. The fourth-order valence-electron chi connectivity index (χ4n) is 2.59. The van der Waals surface area contributed by atoms with Crippen LogP contribution < -0.4 is 4.90 Å². The summed E-state index contributed by atoms with van der Waals surface area (Å²) in [6.07, 6.45) is 1.61. The average molecular weight is 320 g/mol. The fraction of sp³-hybridized carbons (Fsp3) is 0.0526. The molecule has 0 saturated heterocycles. The van der Waals surface area contributed by atoms with Crippen molar-refractivity contribution in [2.24, 2.45) is 4.99 Å². The van der Waals surface area contributed by atoms with Gasteiger partial charge in [0, 0.05) is 5.56 Å². The number of para-hydroxylation sites is 1. The van der Waals surface area contributed by atoms with Crippen molar-refractivity contribution in [2.75, 3.05) is 4.90 Å². The number of rotatable bonds is 3. The number of hydrogen-bond acceptors (Lipinski definition) is 3. The summed E-state index contributed by atoms with van der Waals surface area (Å²) in [6.45, 7) is 5.75. The van der Waals surface area contributed by atoms with E-state index in [4.69, 9.17) is 0 Å². The lowest BCUT2D eigenvalue weighted by molar-refractivity contribution is -0.111. The fourth-order valence-corrected chi connectivity index (χ4v) is 2.81. The van der Waals surface area contributed by atoms with E-state index in [1.807, 2.05) is 55.5 Å². The third-order valence-corrected chi connectivity index (χ3v) is 3.91. The summed E-state index contributed by atoms with van der Waals surface area (Å²) < 4.78 is 0. The lowest BCUT2D eigenvalue weighted by Gasteiger charge is -2.17. The molecule has 3 nitrogen and oxygen atoms in total. The number of aryl methyl sites for hydroxylation is 1. The van der Waals surface area contributed by atoms with Crippen molar-refractivity contribution in [3.05, 3.63) is 83.4 Å². The molecule has 4 heteroatoms. The van der Waals surface area contributed by atoms with Crippen molar-refractivity contribution in [2.45, 2.75) is 6.92 Å². The third kappa shape index (κ3) is 2.73. The molecule has 3 rings (SSSR count). The number of fused-ring (bicyclic) bond motifs is 1. The second kappa shape index (κ2) is 6.26. The molecule has 0 bridgehead atoms. The maximum absolute atomic E-state index is 12.9. The summed E-state index contributed by atoms with van der Waals surface area (Å²) >= 11 is 4.18. The zero-order chi connectivity index (χ0) is 16.4. The van der Waals surface area contributed by atoms with Gasteiger partial charge in [-0.3, -0.25) is 9.69 Å². The number of allylic oxidation sites excluding steroid dienone is 1.